The number of aromatic nitrogens is 2. The molecule has 0 spiro atoms. The maximum absolute atomic E-state index is 12.2. The van der Waals surface area contributed by atoms with Crippen LogP contribution < -0.4 is 10.1 Å². The SMILES string of the molecule is CCOc1ccc(-c2noc(CCC(=O)NC3CCCC(C)C3)n2)cc1. The van der Waals surface area contributed by atoms with Crippen LogP contribution in [0.15, 0.2) is 28.8 Å². The van der Waals surface area contributed by atoms with Crippen molar-refractivity contribution in [2.24, 2.45) is 5.92 Å². The van der Waals surface area contributed by atoms with Crippen LogP contribution in [0.2, 0.25) is 0 Å². The van der Waals surface area contributed by atoms with Gasteiger partial charge in [0.1, 0.15) is 5.75 Å². The van der Waals surface area contributed by atoms with Gasteiger partial charge in [0.05, 0.1) is 6.61 Å². The first-order chi connectivity index (χ1) is 12.6. The minimum absolute atomic E-state index is 0.0601. The van der Waals surface area contributed by atoms with Crippen molar-refractivity contribution in [1.29, 1.82) is 0 Å². The standard InChI is InChI=1S/C20H27N3O3/c1-3-25-17-9-7-15(8-10-17)20-22-19(26-23-20)12-11-18(24)21-16-6-4-5-14(2)13-16/h7-10,14,16H,3-6,11-13H2,1-2H3,(H,21,24). The van der Waals surface area contributed by atoms with Gasteiger partial charge in [-0.05, 0) is 49.9 Å². The summed E-state index contributed by atoms with van der Waals surface area (Å²) >= 11 is 0. The Labute approximate surface area is 154 Å². The third-order valence-corrected chi connectivity index (χ3v) is 4.76. The molecular formula is C20H27N3O3. The summed E-state index contributed by atoms with van der Waals surface area (Å²) in [6, 6.07) is 7.88. The molecule has 1 aliphatic carbocycles. The van der Waals surface area contributed by atoms with Crippen molar-refractivity contribution in [2.45, 2.75) is 58.4 Å². The van der Waals surface area contributed by atoms with Crippen molar-refractivity contribution in [1.82, 2.24) is 15.5 Å². The summed E-state index contributed by atoms with van der Waals surface area (Å²) in [5.41, 5.74) is 0.865. The second-order valence-electron chi connectivity index (χ2n) is 7.01. The van der Waals surface area contributed by atoms with Crippen LogP contribution in [0.3, 0.4) is 0 Å². The molecule has 1 fully saturated rings. The number of aryl methyl sites for hydroxylation is 1. The van der Waals surface area contributed by atoms with Crippen LogP contribution >= 0.6 is 0 Å². The monoisotopic (exact) mass is 357 g/mol. The van der Waals surface area contributed by atoms with Crippen LogP contribution in [0, 0.1) is 5.92 Å². The van der Waals surface area contributed by atoms with E-state index in [0.717, 1.165) is 24.2 Å². The van der Waals surface area contributed by atoms with Gasteiger partial charge in [0.2, 0.25) is 17.6 Å². The maximum atomic E-state index is 12.2. The van der Waals surface area contributed by atoms with Crippen LogP contribution in [-0.2, 0) is 11.2 Å². The summed E-state index contributed by atoms with van der Waals surface area (Å²) in [5.74, 6) is 2.59. The van der Waals surface area contributed by atoms with Crippen LogP contribution in [-0.4, -0.2) is 28.7 Å². The third-order valence-electron chi connectivity index (χ3n) is 4.76. The van der Waals surface area contributed by atoms with Gasteiger partial charge in [0.15, 0.2) is 0 Å². The number of nitrogens with one attached hydrogen (secondary N) is 1. The minimum Gasteiger partial charge on any atom is -0.494 e. The molecular weight excluding hydrogens is 330 g/mol. The number of nitrogens with zero attached hydrogens (tertiary/aromatic N) is 2. The smallest absolute Gasteiger partial charge is 0.227 e. The Morgan fingerprint density at radius 2 is 2.12 bits per heavy atom. The number of carbonyl (C=O) groups excluding carboxylic acids is 1. The maximum Gasteiger partial charge on any atom is 0.227 e. The molecule has 1 aliphatic rings. The second kappa shape index (κ2) is 8.83. The first-order valence-corrected chi connectivity index (χ1v) is 9.49. The third kappa shape index (κ3) is 5.07. The molecule has 1 aromatic heterocycles. The highest BCUT2D eigenvalue weighted by Gasteiger charge is 2.20. The number of rotatable bonds is 7. The molecule has 1 amide bonds. The van der Waals surface area contributed by atoms with E-state index in [2.05, 4.69) is 22.4 Å². The zero-order chi connectivity index (χ0) is 18.4. The summed E-state index contributed by atoms with van der Waals surface area (Å²) in [7, 11) is 0. The number of carbonyl (C=O) groups is 1. The zero-order valence-electron chi connectivity index (χ0n) is 15.5. The summed E-state index contributed by atoms with van der Waals surface area (Å²) in [5, 5.41) is 7.14. The van der Waals surface area contributed by atoms with Gasteiger partial charge in [-0.3, -0.25) is 4.79 Å². The molecule has 1 heterocycles. The van der Waals surface area contributed by atoms with Crippen LogP contribution in [0.25, 0.3) is 11.4 Å². The Hall–Kier alpha value is -2.37. The molecule has 0 bridgehead atoms. The summed E-state index contributed by atoms with van der Waals surface area (Å²) < 4.78 is 10.7. The molecule has 0 saturated heterocycles. The van der Waals surface area contributed by atoms with Gasteiger partial charge < -0.3 is 14.6 Å². The van der Waals surface area contributed by atoms with Crippen molar-refractivity contribution in [2.75, 3.05) is 6.61 Å². The van der Waals surface area contributed by atoms with Gasteiger partial charge >= 0.3 is 0 Å². The predicted octanol–water partition coefficient (Wildman–Crippen LogP) is 3.76. The zero-order valence-corrected chi connectivity index (χ0v) is 15.5. The molecule has 0 aliphatic heterocycles. The molecule has 6 nitrogen and oxygen atoms in total. The van der Waals surface area contributed by atoms with Gasteiger partial charge in [-0.15, -0.1) is 0 Å². The Morgan fingerprint density at radius 3 is 2.85 bits per heavy atom. The van der Waals surface area contributed by atoms with Gasteiger partial charge in [-0.25, -0.2) is 0 Å². The van der Waals surface area contributed by atoms with Gasteiger partial charge in [0.25, 0.3) is 0 Å². The van der Waals surface area contributed by atoms with Crippen molar-refractivity contribution in [3.8, 4) is 17.1 Å². The first kappa shape index (κ1) is 18.4. The van der Waals surface area contributed by atoms with Gasteiger partial charge in [-0.2, -0.15) is 4.98 Å². The quantitative estimate of drug-likeness (QED) is 0.816. The number of amides is 1. The van der Waals surface area contributed by atoms with E-state index >= 15 is 0 Å². The lowest BCUT2D eigenvalue weighted by Crippen LogP contribution is -2.38. The van der Waals surface area contributed by atoms with E-state index in [1.165, 1.54) is 12.8 Å². The Morgan fingerprint density at radius 1 is 1.31 bits per heavy atom. The lowest BCUT2D eigenvalue weighted by atomic mass is 9.87. The fraction of sp³-hybridized carbons (Fsp3) is 0.550. The Bertz CT molecular complexity index is 711. The molecule has 1 saturated carbocycles. The van der Waals surface area contributed by atoms with Crippen molar-refractivity contribution in [3.63, 3.8) is 0 Å². The summed E-state index contributed by atoms with van der Waals surface area (Å²) in [6.07, 6.45) is 5.45. The van der Waals surface area contributed by atoms with E-state index < -0.39 is 0 Å². The number of benzene rings is 1. The van der Waals surface area contributed by atoms with E-state index in [1.807, 2.05) is 31.2 Å². The summed E-state index contributed by atoms with van der Waals surface area (Å²) in [4.78, 5) is 16.5. The van der Waals surface area contributed by atoms with Crippen LogP contribution in [0.4, 0.5) is 0 Å². The molecule has 1 aromatic carbocycles. The highest BCUT2D eigenvalue weighted by atomic mass is 16.5. The Kier molecular flexibility index (Phi) is 6.26. The van der Waals surface area contributed by atoms with E-state index in [-0.39, 0.29) is 5.91 Å². The fourth-order valence-corrected chi connectivity index (χ4v) is 3.43. The largest absolute Gasteiger partial charge is 0.494 e. The van der Waals surface area contributed by atoms with E-state index in [1.54, 1.807) is 0 Å². The van der Waals surface area contributed by atoms with Crippen molar-refractivity contribution >= 4 is 5.91 Å². The van der Waals surface area contributed by atoms with E-state index in [0.29, 0.717) is 43.1 Å². The van der Waals surface area contributed by atoms with E-state index in [4.69, 9.17) is 9.26 Å². The Balaban J connectivity index is 1.49. The average molecular weight is 357 g/mol. The van der Waals surface area contributed by atoms with Gasteiger partial charge in [0, 0.05) is 24.4 Å². The predicted molar refractivity (Wildman–Crippen MR) is 98.8 cm³/mol. The molecule has 2 atom stereocenters. The number of hydrogen-bond donors (Lipinski definition) is 1. The van der Waals surface area contributed by atoms with Crippen molar-refractivity contribution < 1.29 is 14.1 Å². The second-order valence-corrected chi connectivity index (χ2v) is 7.01. The first-order valence-electron chi connectivity index (χ1n) is 9.49. The number of hydrogen-bond acceptors (Lipinski definition) is 5. The molecule has 2 aromatic rings. The molecule has 2 unspecified atom stereocenters. The number of ether oxygens (including phenoxy) is 1. The molecule has 6 heteroatoms. The fourth-order valence-electron chi connectivity index (χ4n) is 3.43. The topological polar surface area (TPSA) is 77.2 Å². The highest BCUT2D eigenvalue weighted by molar-refractivity contribution is 5.76. The van der Waals surface area contributed by atoms with Crippen molar-refractivity contribution in [3.05, 3.63) is 30.2 Å². The average Bonchev–Trinajstić information content (AvgIpc) is 3.10. The lowest BCUT2D eigenvalue weighted by molar-refractivity contribution is -0.122. The minimum atomic E-state index is 0.0601. The molecule has 1 N–H and O–H groups in total. The molecule has 140 valence electrons. The van der Waals surface area contributed by atoms with Gasteiger partial charge in [-0.1, -0.05) is 24.9 Å². The van der Waals surface area contributed by atoms with Crippen LogP contribution in [0.5, 0.6) is 5.75 Å². The lowest BCUT2D eigenvalue weighted by Gasteiger charge is -2.27. The molecule has 0 radical (unpaired) electrons. The normalized spacial score (nSPS) is 19.9. The van der Waals surface area contributed by atoms with E-state index in [9.17, 15) is 4.79 Å². The summed E-state index contributed by atoms with van der Waals surface area (Å²) in [6.45, 7) is 4.83. The highest BCUT2D eigenvalue weighted by Crippen LogP contribution is 2.24. The van der Waals surface area contributed by atoms with Crippen LogP contribution in [0.1, 0.15) is 51.8 Å². The molecule has 26 heavy (non-hydrogen) atoms. The molecule has 3 rings (SSSR count).